The number of nitrogens with one attached hydrogen (secondary N) is 2. The lowest BCUT2D eigenvalue weighted by Crippen LogP contribution is -2.44. The SMILES string of the molecule is Cc1cnn(C[C@@H](C)N[C@@H](C(=O)NC(C)C)c2ccccc2)c1. The van der Waals surface area contributed by atoms with E-state index in [2.05, 4.69) is 22.7 Å². The minimum atomic E-state index is -0.370. The van der Waals surface area contributed by atoms with Crippen LogP contribution in [-0.4, -0.2) is 27.8 Å². The van der Waals surface area contributed by atoms with Crippen LogP contribution in [0.4, 0.5) is 0 Å². The average Bonchev–Trinajstić information content (AvgIpc) is 2.90. The smallest absolute Gasteiger partial charge is 0.241 e. The zero-order valence-corrected chi connectivity index (χ0v) is 14.3. The second kappa shape index (κ2) is 7.92. The standard InChI is InChI=1S/C18H26N4O/c1-13(2)20-18(23)17(16-8-6-5-7-9-16)21-15(4)12-22-11-14(3)10-19-22/h5-11,13,15,17,21H,12H2,1-4H3,(H,20,23)/t15-,17-/m1/s1. The first-order valence-electron chi connectivity index (χ1n) is 8.06. The van der Waals surface area contributed by atoms with Crippen LogP contribution in [0.1, 0.15) is 37.9 Å². The van der Waals surface area contributed by atoms with Crippen molar-refractivity contribution in [3.63, 3.8) is 0 Å². The van der Waals surface area contributed by atoms with E-state index in [1.54, 1.807) is 0 Å². The third-order valence-electron chi connectivity index (χ3n) is 3.50. The predicted octanol–water partition coefficient (Wildman–Crippen LogP) is 2.44. The quantitative estimate of drug-likeness (QED) is 0.825. The zero-order chi connectivity index (χ0) is 16.8. The fourth-order valence-corrected chi connectivity index (χ4v) is 2.52. The highest BCUT2D eigenvalue weighted by molar-refractivity contribution is 5.83. The van der Waals surface area contributed by atoms with Crippen LogP contribution in [0.25, 0.3) is 0 Å². The van der Waals surface area contributed by atoms with Crippen molar-refractivity contribution >= 4 is 5.91 Å². The largest absolute Gasteiger partial charge is 0.352 e. The van der Waals surface area contributed by atoms with Gasteiger partial charge in [0.05, 0.1) is 12.7 Å². The van der Waals surface area contributed by atoms with Gasteiger partial charge < -0.3 is 5.32 Å². The van der Waals surface area contributed by atoms with Crippen LogP contribution in [0, 0.1) is 6.92 Å². The maximum atomic E-state index is 12.6. The van der Waals surface area contributed by atoms with Crippen molar-refractivity contribution in [2.45, 2.75) is 52.4 Å². The Kier molecular flexibility index (Phi) is 5.93. The molecule has 0 aliphatic heterocycles. The molecule has 0 spiro atoms. The second-order valence-electron chi connectivity index (χ2n) is 6.31. The van der Waals surface area contributed by atoms with E-state index in [9.17, 15) is 4.79 Å². The van der Waals surface area contributed by atoms with E-state index >= 15 is 0 Å². The van der Waals surface area contributed by atoms with Crippen molar-refractivity contribution in [1.82, 2.24) is 20.4 Å². The molecule has 2 aromatic rings. The Hall–Kier alpha value is -2.14. The molecule has 0 aliphatic carbocycles. The number of carbonyl (C=O) groups is 1. The average molecular weight is 314 g/mol. The summed E-state index contributed by atoms with van der Waals surface area (Å²) in [6.07, 6.45) is 3.84. The summed E-state index contributed by atoms with van der Waals surface area (Å²) in [6, 6.07) is 9.66. The summed E-state index contributed by atoms with van der Waals surface area (Å²) < 4.78 is 1.90. The number of rotatable bonds is 7. The summed E-state index contributed by atoms with van der Waals surface area (Å²) in [7, 11) is 0. The summed E-state index contributed by atoms with van der Waals surface area (Å²) in [6.45, 7) is 8.73. The van der Waals surface area contributed by atoms with Gasteiger partial charge in [0, 0.05) is 18.3 Å². The van der Waals surface area contributed by atoms with Crippen molar-refractivity contribution in [3.05, 3.63) is 53.9 Å². The molecule has 23 heavy (non-hydrogen) atoms. The van der Waals surface area contributed by atoms with Gasteiger partial charge in [-0.3, -0.25) is 14.8 Å². The minimum absolute atomic E-state index is 0.00491. The number of carbonyl (C=O) groups excluding carboxylic acids is 1. The topological polar surface area (TPSA) is 59.0 Å². The molecule has 124 valence electrons. The predicted molar refractivity (Wildman–Crippen MR) is 92.0 cm³/mol. The Balaban J connectivity index is 2.09. The number of benzene rings is 1. The maximum absolute atomic E-state index is 12.6. The molecule has 1 heterocycles. The van der Waals surface area contributed by atoms with Crippen LogP contribution >= 0.6 is 0 Å². The van der Waals surface area contributed by atoms with Crippen molar-refractivity contribution < 1.29 is 4.79 Å². The van der Waals surface area contributed by atoms with E-state index in [1.165, 1.54) is 0 Å². The van der Waals surface area contributed by atoms with Gasteiger partial charge in [-0.2, -0.15) is 5.10 Å². The number of hydrogen-bond donors (Lipinski definition) is 2. The molecular weight excluding hydrogens is 288 g/mol. The highest BCUT2D eigenvalue weighted by atomic mass is 16.2. The Morgan fingerprint density at radius 1 is 1.22 bits per heavy atom. The molecule has 0 unspecified atom stereocenters. The first kappa shape index (κ1) is 17.2. The van der Waals surface area contributed by atoms with E-state index in [-0.39, 0.29) is 24.0 Å². The molecule has 0 saturated heterocycles. The molecule has 5 heteroatoms. The van der Waals surface area contributed by atoms with Gasteiger partial charge >= 0.3 is 0 Å². The Bertz CT molecular complexity index is 621. The summed E-state index contributed by atoms with van der Waals surface area (Å²) in [4.78, 5) is 12.6. The number of aromatic nitrogens is 2. The first-order valence-corrected chi connectivity index (χ1v) is 8.06. The van der Waals surface area contributed by atoms with Gasteiger partial charge in [-0.05, 0) is 38.8 Å². The van der Waals surface area contributed by atoms with Crippen LogP contribution in [0.15, 0.2) is 42.7 Å². The number of amides is 1. The molecule has 0 bridgehead atoms. The molecule has 0 radical (unpaired) electrons. The van der Waals surface area contributed by atoms with Crippen molar-refractivity contribution in [2.24, 2.45) is 0 Å². The molecule has 0 aliphatic rings. The lowest BCUT2D eigenvalue weighted by atomic mass is 10.0. The summed E-state index contributed by atoms with van der Waals surface area (Å²) in [5.41, 5.74) is 2.10. The molecular formula is C18H26N4O. The van der Waals surface area contributed by atoms with Crippen LogP contribution in [0.3, 0.4) is 0 Å². The third-order valence-corrected chi connectivity index (χ3v) is 3.50. The van der Waals surface area contributed by atoms with Gasteiger partial charge in [0.1, 0.15) is 6.04 Å². The lowest BCUT2D eigenvalue weighted by Gasteiger charge is -2.24. The third kappa shape index (κ3) is 5.21. The van der Waals surface area contributed by atoms with Crippen LogP contribution in [0.2, 0.25) is 0 Å². The van der Waals surface area contributed by atoms with E-state index in [4.69, 9.17) is 0 Å². The fourth-order valence-electron chi connectivity index (χ4n) is 2.52. The van der Waals surface area contributed by atoms with E-state index in [1.807, 2.05) is 68.2 Å². The monoisotopic (exact) mass is 314 g/mol. The van der Waals surface area contributed by atoms with Gasteiger partial charge in [-0.15, -0.1) is 0 Å². The van der Waals surface area contributed by atoms with Crippen molar-refractivity contribution in [1.29, 1.82) is 0 Å². The fraction of sp³-hybridized carbons (Fsp3) is 0.444. The maximum Gasteiger partial charge on any atom is 0.241 e. The van der Waals surface area contributed by atoms with Crippen LogP contribution in [0.5, 0.6) is 0 Å². The van der Waals surface area contributed by atoms with E-state index in [0.29, 0.717) is 6.54 Å². The molecule has 2 atom stereocenters. The molecule has 1 aromatic carbocycles. The Morgan fingerprint density at radius 2 is 1.91 bits per heavy atom. The lowest BCUT2D eigenvalue weighted by molar-refractivity contribution is -0.124. The van der Waals surface area contributed by atoms with E-state index in [0.717, 1.165) is 11.1 Å². The van der Waals surface area contributed by atoms with Gasteiger partial charge in [0.2, 0.25) is 5.91 Å². The Morgan fingerprint density at radius 3 is 2.48 bits per heavy atom. The first-order chi connectivity index (χ1) is 11.0. The van der Waals surface area contributed by atoms with Crippen LogP contribution in [-0.2, 0) is 11.3 Å². The van der Waals surface area contributed by atoms with Crippen molar-refractivity contribution in [2.75, 3.05) is 0 Å². The molecule has 5 nitrogen and oxygen atoms in total. The summed E-state index contributed by atoms with van der Waals surface area (Å²) in [5, 5.41) is 10.7. The van der Waals surface area contributed by atoms with Crippen molar-refractivity contribution in [3.8, 4) is 0 Å². The Labute approximate surface area is 138 Å². The molecule has 2 rings (SSSR count). The van der Waals surface area contributed by atoms with Gasteiger partial charge in [0.15, 0.2) is 0 Å². The molecule has 0 fully saturated rings. The van der Waals surface area contributed by atoms with E-state index < -0.39 is 0 Å². The molecule has 1 aromatic heterocycles. The van der Waals surface area contributed by atoms with Gasteiger partial charge in [-0.25, -0.2) is 0 Å². The summed E-state index contributed by atoms with van der Waals surface area (Å²) >= 11 is 0. The van der Waals surface area contributed by atoms with Crippen LogP contribution < -0.4 is 10.6 Å². The number of nitrogens with zero attached hydrogens (tertiary/aromatic N) is 2. The minimum Gasteiger partial charge on any atom is -0.352 e. The molecule has 2 N–H and O–H groups in total. The highest BCUT2D eigenvalue weighted by Crippen LogP contribution is 2.14. The summed E-state index contributed by atoms with van der Waals surface area (Å²) in [5.74, 6) is -0.00491. The van der Waals surface area contributed by atoms with Gasteiger partial charge in [-0.1, -0.05) is 30.3 Å². The zero-order valence-electron chi connectivity index (χ0n) is 14.3. The van der Waals surface area contributed by atoms with Gasteiger partial charge in [0.25, 0.3) is 0 Å². The number of aryl methyl sites for hydroxylation is 1. The normalized spacial score (nSPS) is 13.8. The number of hydrogen-bond acceptors (Lipinski definition) is 3. The highest BCUT2D eigenvalue weighted by Gasteiger charge is 2.22. The molecule has 0 saturated carbocycles. The second-order valence-corrected chi connectivity index (χ2v) is 6.31. The molecule has 1 amide bonds.